The third-order valence-corrected chi connectivity index (χ3v) is 3.15. The van der Waals surface area contributed by atoms with E-state index in [2.05, 4.69) is 48.3 Å². The van der Waals surface area contributed by atoms with E-state index in [1.807, 2.05) is 13.1 Å². The van der Waals surface area contributed by atoms with Gasteiger partial charge in [-0.15, -0.1) is 0 Å². The van der Waals surface area contributed by atoms with Crippen LogP contribution in [0.3, 0.4) is 0 Å². The summed E-state index contributed by atoms with van der Waals surface area (Å²) in [6.45, 7) is 8.68. The molecule has 108 valence electrons. The SMILES string of the molecule is CCCCCC(C)Nc1cc(NC)nc(C(C)C)n1. The van der Waals surface area contributed by atoms with E-state index >= 15 is 0 Å². The molecule has 4 heteroatoms. The van der Waals surface area contributed by atoms with Gasteiger partial charge in [-0.3, -0.25) is 0 Å². The fourth-order valence-electron chi connectivity index (χ4n) is 1.95. The Morgan fingerprint density at radius 1 is 1.11 bits per heavy atom. The molecule has 0 aliphatic heterocycles. The van der Waals surface area contributed by atoms with Gasteiger partial charge in [-0.1, -0.05) is 40.0 Å². The van der Waals surface area contributed by atoms with E-state index in [1.54, 1.807) is 0 Å². The predicted octanol–water partition coefficient (Wildman–Crippen LogP) is 4.02. The second-order valence-corrected chi connectivity index (χ2v) is 5.44. The summed E-state index contributed by atoms with van der Waals surface area (Å²) in [5, 5.41) is 6.58. The standard InChI is InChI=1S/C15H28N4/c1-6-7-8-9-12(4)17-14-10-13(16-5)18-15(19-14)11(2)3/h10-12H,6-9H2,1-5H3,(H2,16,17,18,19). The van der Waals surface area contributed by atoms with Crippen molar-refractivity contribution in [2.45, 2.75) is 65.3 Å². The van der Waals surface area contributed by atoms with Crippen LogP contribution in [0.5, 0.6) is 0 Å². The molecule has 0 aliphatic rings. The minimum atomic E-state index is 0.337. The molecule has 19 heavy (non-hydrogen) atoms. The zero-order valence-electron chi connectivity index (χ0n) is 13.0. The van der Waals surface area contributed by atoms with Crippen molar-refractivity contribution < 1.29 is 0 Å². The normalized spacial score (nSPS) is 12.5. The minimum absolute atomic E-state index is 0.337. The Balaban J connectivity index is 2.68. The van der Waals surface area contributed by atoms with E-state index in [0.29, 0.717) is 12.0 Å². The first-order valence-electron chi connectivity index (χ1n) is 7.40. The third kappa shape index (κ3) is 5.45. The van der Waals surface area contributed by atoms with Gasteiger partial charge in [-0.05, 0) is 13.3 Å². The quantitative estimate of drug-likeness (QED) is 0.696. The maximum Gasteiger partial charge on any atom is 0.135 e. The zero-order chi connectivity index (χ0) is 14.3. The lowest BCUT2D eigenvalue weighted by atomic mass is 10.1. The fourth-order valence-corrected chi connectivity index (χ4v) is 1.95. The van der Waals surface area contributed by atoms with Crippen LogP contribution in [0.25, 0.3) is 0 Å². The topological polar surface area (TPSA) is 49.8 Å². The lowest BCUT2D eigenvalue weighted by Crippen LogP contribution is -2.17. The summed E-state index contributed by atoms with van der Waals surface area (Å²) in [6, 6.07) is 2.42. The van der Waals surface area contributed by atoms with Crippen molar-refractivity contribution in [2.75, 3.05) is 17.7 Å². The van der Waals surface area contributed by atoms with Gasteiger partial charge in [0, 0.05) is 25.1 Å². The van der Waals surface area contributed by atoms with Crippen LogP contribution in [0.15, 0.2) is 6.07 Å². The first-order chi connectivity index (χ1) is 9.06. The lowest BCUT2D eigenvalue weighted by molar-refractivity contribution is 0.613. The molecule has 1 heterocycles. The Kier molecular flexibility index (Phi) is 6.60. The highest BCUT2D eigenvalue weighted by Crippen LogP contribution is 2.18. The number of hydrogen-bond acceptors (Lipinski definition) is 4. The molecule has 0 saturated heterocycles. The predicted molar refractivity (Wildman–Crippen MR) is 82.9 cm³/mol. The highest BCUT2D eigenvalue weighted by molar-refractivity contribution is 5.47. The maximum absolute atomic E-state index is 4.59. The number of anilines is 2. The number of unbranched alkanes of at least 4 members (excludes halogenated alkanes) is 2. The van der Waals surface area contributed by atoms with Crippen LogP contribution in [0, 0.1) is 0 Å². The van der Waals surface area contributed by atoms with Crippen molar-refractivity contribution in [2.24, 2.45) is 0 Å². The molecule has 1 rings (SSSR count). The number of hydrogen-bond donors (Lipinski definition) is 2. The molecule has 1 aromatic heterocycles. The van der Waals surface area contributed by atoms with Crippen LogP contribution in [-0.4, -0.2) is 23.1 Å². The van der Waals surface area contributed by atoms with E-state index in [-0.39, 0.29) is 0 Å². The molecule has 1 unspecified atom stereocenters. The fraction of sp³-hybridized carbons (Fsp3) is 0.733. The van der Waals surface area contributed by atoms with E-state index in [9.17, 15) is 0 Å². The molecule has 0 saturated carbocycles. The lowest BCUT2D eigenvalue weighted by Gasteiger charge is -2.16. The van der Waals surface area contributed by atoms with Gasteiger partial charge in [-0.25, -0.2) is 9.97 Å². The summed E-state index contributed by atoms with van der Waals surface area (Å²) in [7, 11) is 1.89. The van der Waals surface area contributed by atoms with Gasteiger partial charge in [0.1, 0.15) is 17.5 Å². The highest BCUT2D eigenvalue weighted by atomic mass is 15.1. The van der Waals surface area contributed by atoms with Crippen LogP contribution < -0.4 is 10.6 Å². The van der Waals surface area contributed by atoms with Crippen LogP contribution in [0.4, 0.5) is 11.6 Å². The molecule has 0 amide bonds. The Bertz CT molecular complexity index is 376. The molecule has 0 radical (unpaired) electrons. The smallest absolute Gasteiger partial charge is 0.135 e. The van der Waals surface area contributed by atoms with Gasteiger partial charge < -0.3 is 10.6 Å². The van der Waals surface area contributed by atoms with Crippen molar-refractivity contribution in [1.82, 2.24) is 9.97 Å². The third-order valence-electron chi connectivity index (χ3n) is 3.15. The van der Waals surface area contributed by atoms with Crippen molar-refractivity contribution >= 4 is 11.6 Å². The maximum atomic E-state index is 4.59. The number of rotatable bonds is 8. The van der Waals surface area contributed by atoms with Crippen molar-refractivity contribution in [3.63, 3.8) is 0 Å². The Morgan fingerprint density at radius 2 is 1.79 bits per heavy atom. The Morgan fingerprint density at radius 3 is 2.37 bits per heavy atom. The van der Waals surface area contributed by atoms with Gasteiger partial charge in [0.25, 0.3) is 0 Å². The second-order valence-electron chi connectivity index (χ2n) is 5.44. The highest BCUT2D eigenvalue weighted by Gasteiger charge is 2.09. The van der Waals surface area contributed by atoms with Gasteiger partial charge >= 0.3 is 0 Å². The van der Waals surface area contributed by atoms with E-state index in [0.717, 1.165) is 17.5 Å². The van der Waals surface area contributed by atoms with Crippen LogP contribution in [0.2, 0.25) is 0 Å². The molecule has 0 fully saturated rings. The van der Waals surface area contributed by atoms with Crippen LogP contribution in [0.1, 0.15) is 65.1 Å². The zero-order valence-corrected chi connectivity index (χ0v) is 13.0. The summed E-state index contributed by atoms with van der Waals surface area (Å²) in [5.41, 5.74) is 0. The second kappa shape index (κ2) is 7.97. The van der Waals surface area contributed by atoms with Gasteiger partial charge in [-0.2, -0.15) is 0 Å². The first-order valence-corrected chi connectivity index (χ1v) is 7.40. The van der Waals surface area contributed by atoms with Crippen molar-refractivity contribution in [1.29, 1.82) is 0 Å². The number of nitrogens with zero attached hydrogens (tertiary/aromatic N) is 2. The van der Waals surface area contributed by atoms with Gasteiger partial charge in [0.15, 0.2) is 0 Å². The van der Waals surface area contributed by atoms with Crippen molar-refractivity contribution in [3.05, 3.63) is 11.9 Å². The van der Waals surface area contributed by atoms with Gasteiger partial charge in [0.2, 0.25) is 0 Å². The summed E-state index contributed by atoms with van der Waals surface area (Å²) in [5.74, 6) is 3.02. The van der Waals surface area contributed by atoms with E-state index < -0.39 is 0 Å². The van der Waals surface area contributed by atoms with E-state index in [4.69, 9.17) is 0 Å². The minimum Gasteiger partial charge on any atom is -0.373 e. The largest absolute Gasteiger partial charge is 0.373 e. The molecule has 0 aromatic carbocycles. The van der Waals surface area contributed by atoms with Crippen LogP contribution >= 0.6 is 0 Å². The molecular weight excluding hydrogens is 236 g/mol. The molecule has 0 aliphatic carbocycles. The number of nitrogens with one attached hydrogen (secondary N) is 2. The average Bonchev–Trinajstić information content (AvgIpc) is 2.38. The number of aromatic nitrogens is 2. The Hall–Kier alpha value is -1.32. The summed E-state index contributed by atoms with van der Waals surface area (Å²) < 4.78 is 0. The summed E-state index contributed by atoms with van der Waals surface area (Å²) >= 11 is 0. The first kappa shape index (κ1) is 15.7. The average molecular weight is 264 g/mol. The summed E-state index contributed by atoms with van der Waals surface area (Å²) in [6.07, 6.45) is 5.02. The van der Waals surface area contributed by atoms with Gasteiger partial charge in [0.05, 0.1) is 0 Å². The van der Waals surface area contributed by atoms with E-state index in [1.165, 1.54) is 25.7 Å². The van der Waals surface area contributed by atoms with Crippen molar-refractivity contribution in [3.8, 4) is 0 Å². The molecule has 2 N–H and O–H groups in total. The molecule has 0 bridgehead atoms. The molecule has 1 atom stereocenters. The molecule has 0 spiro atoms. The monoisotopic (exact) mass is 264 g/mol. The Labute approximate surface area is 117 Å². The molecule has 4 nitrogen and oxygen atoms in total. The van der Waals surface area contributed by atoms with Crippen LogP contribution in [-0.2, 0) is 0 Å². The molecular formula is C15H28N4. The summed E-state index contributed by atoms with van der Waals surface area (Å²) in [4.78, 5) is 9.06. The molecule has 1 aromatic rings.